The summed E-state index contributed by atoms with van der Waals surface area (Å²) < 4.78 is 5.16. The third-order valence-corrected chi connectivity index (χ3v) is 7.21. The molecule has 210 valence electrons. The second-order valence-corrected chi connectivity index (χ2v) is 10.5. The highest BCUT2D eigenvalue weighted by Gasteiger charge is 2.37. The molecule has 1 aliphatic carbocycles. The van der Waals surface area contributed by atoms with E-state index in [0.29, 0.717) is 45.1 Å². The number of benzene rings is 1. The summed E-state index contributed by atoms with van der Waals surface area (Å²) in [6, 6.07) is 6.01. The maximum atomic E-state index is 13.6. The fraction of sp³-hybridized carbons (Fsp3) is 0.630. The van der Waals surface area contributed by atoms with Crippen molar-refractivity contribution < 1.29 is 34.2 Å². The van der Waals surface area contributed by atoms with Gasteiger partial charge >= 0.3 is 6.09 Å². The number of cyclic esters (lactones) is 1. The van der Waals surface area contributed by atoms with Gasteiger partial charge in [0.2, 0.25) is 17.7 Å². The molecule has 1 aliphatic heterocycles. The second-order valence-electron chi connectivity index (χ2n) is 10.5. The molecule has 0 saturated carbocycles. The molecule has 1 fully saturated rings. The minimum absolute atomic E-state index is 0.0567. The third-order valence-electron chi connectivity index (χ3n) is 7.21. The first-order valence-electron chi connectivity index (χ1n) is 13.4. The summed E-state index contributed by atoms with van der Waals surface area (Å²) in [6.45, 7) is 4.26. The highest BCUT2D eigenvalue weighted by atomic mass is 16.5. The minimum atomic E-state index is -0.910. The minimum Gasteiger partial charge on any atom is -0.450 e. The molecule has 5 atom stereocenters. The van der Waals surface area contributed by atoms with E-state index in [1.54, 1.807) is 5.48 Å². The number of carbonyl (C=O) groups is 4. The third kappa shape index (κ3) is 7.91. The maximum Gasteiger partial charge on any atom is 0.407 e. The summed E-state index contributed by atoms with van der Waals surface area (Å²) in [4.78, 5) is 51.6. The van der Waals surface area contributed by atoms with Crippen molar-refractivity contribution in [2.75, 3.05) is 13.2 Å². The van der Waals surface area contributed by atoms with Gasteiger partial charge in [0.1, 0.15) is 6.04 Å². The lowest BCUT2D eigenvalue weighted by molar-refractivity contribution is -0.142. The Morgan fingerprint density at radius 1 is 1.11 bits per heavy atom. The molecule has 0 aromatic heterocycles. The van der Waals surface area contributed by atoms with Gasteiger partial charge < -0.3 is 25.8 Å². The molecule has 38 heavy (non-hydrogen) atoms. The molecule has 1 aromatic carbocycles. The van der Waals surface area contributed by atoms with Crippen LogP contribution in [0.1, 0.15) is 69.5 Å². The summed E-state index contributed by atoms with van der Waals surface area (Å²) in [5.41, 5.74) is 3.47. The highest BCUT2D eigenvalue weighted by Crippen LogP contribution is 2.31. The highest BCUT2D eigenvalue weighted by molar-refractivity contribution is 5.91. The molecule has 0 unspecified atom stereocenters. The number of rotatable bonds is 5. The number of aliphatic hydroxyl groups excluding tert-OH is 1. The Hall–Kier alpha value is -3.18. The lowest BCUT2D eigenvalue weighted by Gasteiger charge is -2.29. The van der Waals surface area contributed by atoms with Crippen LogP contribution >= 0.6 is 0 Å². The van der Waals surface area contributed by atoms with Crippen LogP contribution in [-0.2, 0) is 25.5 Å². The molecule has 11 heteroatoms. The Morgan fingerprint density at radius 3 is 2.61 bits per heavy atom. The predicted molar refractivity (Wildman–Crippen MR) is 138 cm³/mol. The summed E-state index contributed by atoms with van der Waals surface area (Å²) in [5, 5.41) is 28.4. The number of hydroxylamine groups is 1. The van der Waals surface area contributed by atoms with Gasteiger partial charge in [0.05, 0.1) is 24.7 Å². The van der Waals surface area contributed by atoms with E-state index in [0.717, 1.165) is 11.1 Å². The molecule has 1 aromatic rings. The number of ether oxygens (including phenoxy) is 1. The predicted octanol–water partition coefficient (Wildman–Crippen LogP) is 1.72. The fourth-order valence-corrected chi connectivity index (χ4v) is 5.29. The van der Waals surface area contributed by atoms with Gasteiger partial charge in [-0.15, -0.1) is 0 Å². The molecule has 11 nitrogen and oxygen atoms in total. The van der Waals surface area contributed by atoms with Crippen LogP contribution in [-0.4, -0.2) is 59.4 Å². The van der Waals surface area contributed by atoms with E-state index >= 15 is 0 Å². The molecule has 4 amide bonds. The zero-order chi connectivity index (χ0) is 27.7. The normalized spacial score (nSPS) is 27.1. The van der Waals surface area contributed by atoms with E-state index in [4.69, 9.17) is 4.74 Å². The van der Waals surface area contributed by atoms with Crippen LogP contribution in [0.3, 0.4) is 0 Å². The molecule has 6 N–H and O–H groups in total. The van der Waals surface area contributed by atoms with Gasteiger partial charge in [0.25, 0.3) is 0 Å². The van der Waals surface area contributed by atoms with Crippen LogP contribution in [0.2, 0.25) is 0 Å². The van der Waals surface area contributed by atoms with Gasteiger partial charge in [0, 0.05) is 18.9 Å². The molecule has 1 saturated heterocycles. The van der Waals surface area contributed by atoms with Crippen LogP contribution < -0.4 is 21.4 Å². The number of nitrogens with one attached hydrogen (secondary N) is 4. The molecule has 2 aliphatic rings. The Kier molecular flexibility index (Phi) is 10.9. The Labute approximate surface area is 223 Å². The van der Waals surface area contributed by atoms with Crippen LogP contribution in [0.25, 0.3) is 0 Å². The van der Waals surface area contributed by atoms with Crippen molar-refractivity contribution in [2.24, 2.45) is 17.8 Å². The first kappa shape index (κ1) is 29.4. The zero-order valence-corrected chi connectivity index (χ0v) is 22.1. The van der Waals surface area contributed by atoms with E-state index in [1.807, 2.05) is 38.1 Å². The van der Waals surface area contributed by atoms with Crippen molar-refractivity contribution in [1.82, 2.24) is 21.4 Å². The topological polar surface area (TPSA) is 166 Å². The van der Waals surface area contributed by atoms with E-state index in [-0.39, 0.29) is 18.9 Å². The van der Waals surface area contributed by atoms with E-state index in [9.17, 15) is 29.5 Å². The average molecular weight is 533 g/mol. The van der Waals surface area contributed by atoms with Crippen molar-refractivity contribution in [3.8, 4) is 0 Å². The fourth-order valence-electron chi connectivity index (χ4n) is 5.29. The van der Waals surface area contributed by atoms with Gasteiger partial charge in [-0.25, -0.2) is 10.3 Å². The SMILES string of the molecule is CC(C)C[C@H]1C(=O)N[C@H](C(=O)N[C@@H]2c3ccccc3C[C@@H]2O)CCCCNC(=O)OCCC[C@@H]1C(=O)NO. The summed E-state index contributed by atoms with van der Waals surface area (Å²) in [5.74, 6) is -3.22. The summed E-state index contributed by atoms with van der Waals surface area (Å²) in [7, 11) is 0. The molecule has 0 radical (unpaired) electrons. The monoisotopic (exact) mass is 532 g/mol. The Balaban J connectivity index is 1.83. The Bertz CT molecular complexity index is 986. The van der Waals surface area contributed by atoms with E-state index < -0.39 is 53.8 Å². The number of fused-ring (bicyclic) bond motifs is 1. The number of alkyl carbamates (subject to hydrolysis) is 1. The number of hydrogen-bond donors (Lipinski definition) is 6. The van der Waals surface area contributed by atoms with Crippen molar-refractivity contribution in [1.29, 1.82) is 0 Å². The Morgan fingerprint density at radius 2 is 1.87 bits per heavy atom. The summed E-state index contributed by atoms with van der Waals surface area (Å²) in [6.07, 6.45) is 1.33. The number of carbonyl (C=O) groups excluding carboxylic acids is 4. The van der Waals surface area contributed by atoms with Crippen molar-refractivity contribution in [2.45, 2.75) is 77.0 Å². The van der Waals surface area contributed by atoms with Crippen LogP contribution in [0.15, 0.2) is 24.3 Å². The molecule has 0 spiro atoms. The molecule has 3 rings (SSSR count). The van der Waals surface area contributed by atoms with Gasteiger partial charge in [0.15, 0.2) is 0 Å². The lowest BCUT2D eigenvalue weighted by Crippen LogP contribution is -2.52. The van der Waals surface area contributed by atoms with Gasteiger partial charge in [-0.3, -0.25) is 19.6 Å². The van der Waals surface area contributed by atoms with Crippen LogP contribution in [0, 0.1) is 17.8 Å². The number of hydrogen-bond acceptors (Lipinski definition) is 7. The van der Waals surface area contributed by atoms with Gasteiger partial charge in [-0.1, -0.05) is 38.1 Å². The number of aliphatic hydroxyl groups is 1. The van der Waals surface area contributed by atoms with E-state index in [1.165, 1.54) is 0 Å². The summed E-state index contributed by atoms with van der Waals surface area (Å²) >= 11 is 0. The number of amides is 4. The first-order valence-corrected chi connectivity index (χ1v) is 13.4. The van der Waals surface area contributed by atoms with E-state index in [2.05, 4.69) is 16.0 Å². The molecular formula is C27H40N4O7. The second kappa shape index (κ2) is 14.1. The van der Waals surface area contributed by atoms with Crippen LogP contribution in [0.4, 0.5) is 4.79 Å². The van der Waals surface area contributed by atoms with Gasteiger partial charge in [-0.2, -0.15) is 0 Å². The molecule has 0 bridgehead atoms. The standard InChI is InChI=1S/C27H40N4O7/c1-16(2)14-20-19(25(34)31-37)10-7-13-38-27(36)28-12-6-5-11-21(29-24(20)33)26(35)30-23-18-9-4-3-8-17(18)15-22(23)32/h3-4,8-9,16,19-23,32,37H,5-7,10-15H2,1-2H3,(H,28,36)(H,29,33)(H,30,35)(H,31,34)/t19-,20+,21-,22-,23+/m0/s1. The van der Waals surface area contributed by atoms with Crippen molar-refractivity contribution >= 4 is 23.8 Å². The van der Waals surface area contributed by atoms with Crippen molar-refractivity contribution in [3.05, 3.63) is 35.4 Å². The van der Waals surface area contributed by atoms with Crippen LogP contribution in [0.5, 0.6) is 0 Å². The largest absolute Gasteiger partial charge is 0.450 e. The van der Waals surface area contributed by atoms with Crippen molar-refractivity contribution in [3.63, 3.8) is 0 Å². The molecular weight excluding hydrogens is 492 g/mol. The average Bonchev–Trinajstić information content (AvgIpc) is 3.20. The zero-order valence-electron chi connectivity index (χ0n) is 22.1. The first-order chi connectivity index (χ1) is 18.2. The lowest BCUT2D eigenvalue weighted by atomic mass is 9.81. The molecule has 1 heterocycles. The quantitative estimate of drug-likeness (QED) is 0.248. The van der Waals surface area contributed by atoms with Gasteiger partial charge in [-0.05, 0) is 55.6 Å². The maximum absolute atomic E-state index is 13.6. The smallest absolute Gasteiger partial charge is 0.407 e.